The quantitative estimate of drug-likeness (QED) is 0.638. The summed E-state index contributed by atoms with van der Waals surface area (Å²) >= 11 is 0. The van der Waals surface area contributed by atoms with Crippen LogP contribution < -0.4 is 11.4 Å². The minimum atomic E-state index is -0.258. The average Bonchev–Trinajstić information content (AvgIpc) is 2.41. The number of hydrogen-bond acceptors (Lipinski definition) is 3. The fourth-order valence-corrected chi connectivity index (χ4v) is 2.05. The molecule has 0 amide bonds. The van der Waals surface area contributed by atoms with Crippen LogP contribution in [0, 0.1) is 0 Å². The highest BCUT2D eigenvalue weighted by Gasteiger charge is 2.13. The van der Waals surface area contributed by atoms with E-state index >= 15 is 0 Å². The van der Waals surface area contributed by atoms with Gasteiger partial charge in [-0.2, -0.15) is 4.98 Å². The van der Waals surface area contributed by atoms with Crippen molar-refractivity contribution in [3.8, 4) is 0 Å². The minimum absolute atomic E-state index is 0.258. The first-order valence-corrected chi connectivity index (χ1v) is 5.12. The number of nitrogens with zero attached hydrogens (tertiary/aromatic N) is 1. The van der Waals surface area contributed by atoms with Crippen LogP contribution >= 0.6 is 0 Å². The number of fused-ring (bicyclic) bond motifs is 1. The van der Waals surface area contributed by atoms with Crippen molar-refractivity contribution in [2.24, 2.45) is 5.73 Å². The van der Waals surface area contributed by atoms with Crippen molar-refractivity contribution in [2.75, 3.05) is 0 Å². The highest BCUT2D eigenvalue weighted by atomic mass is 16.1. The van der Waals surface area contributed by atoms with Crippen LogP contribution in [0.3, 0.4) is 0 Å². The van der Waals surface area contributed by atoms with Crippen LogP contribution in [-0.2, 0) is 19.4 Å². The summed E-state index contributed by atoms with van der Waals surface area (Å²) in [5.41, 5.74) is 8.35. The summed E-state index contributed by atoms with van der Waals surface area (Å²) in [7, 11) is 0. The second-order valence-electron chi connectivity index (χ2n) is 3.71. The van der Waals surface area contributed by atoms with Crippen molar-refractivity contribution < 1.29 is 0 Å². The topological polar surface area (TPSA) is 71.8 Å². The Balaban J connectivity index is 2.52. The third-order valence-electron chi connectivity index (χ3n) is 2.75. The number of aromatic nitrogens is 2. The van der Waals surface area contributed by atoms with E-state index in [2.05, 4.69) is 9.97 Å². The maximum atomic E-state index is 11.2. The Hall–Kier alpha value is -1.16. The number of nitrogens with one attached hydrogen (secondary N) is 1. The van der Waals surface area contributed by atoms with Crippen molar-refractivity contribution in [2.45, 2.75) is 38.6 Å². The summed E-state index contributed by atoms with van der Waals surface area (Å²) in [6, 6.07) is 0. The Morgan fingerprint density at radius 3 is 2.86 bits per heavy atom. The second kappa shape index (κ2) is 3.92. The van der Waals surface area contributed by atoms with Crippen molar-refractivity contribution in [1.29, 1.82) is 0 Å². The molecule has 0 atom stereocenters. The van der Waals surface area contributed by atoms with Gasteiger partial charge < -0.3 is 10.7 Å². The molecule has 1 aromatic rings. The van der Waals surface area contributed by atoms with Crippen LogP contribution in [0.5, 0.6) is 0 Å². The number of nitrogens with two attached hydrogens (primary N) is 1. The van der Waals surface area contributed by atoms with Gasteiger partial charge in [0.15, 0.2) is 0 Å². The largest absolute Gasteiger partial charge is 0.345 e. The van der Waals surface area contributed by atoms with Gasteiger partial charge in [0, 0.05) is 12.2 Å². The first kappa shape index (κ1) is 9.40. The molecule has 0 radical (unpaired) electrons. The predicted molar refractivity (Wildman–Crippen MR) is 54.0 cm³/mol. The van der Waals surface area contributed by atoms with E-state index in [0.29, 0.717) is 6.54 Å². The zero-order valence-electron chi connectivity index (χ0n) is 8.18. The monoisotopic (exact) mass is 193 g/mol. The molecule has 0 aromatic carbocycles. The molecule has 1 aliphatic carbocycles. The van der Waals surface area contributed by atoms with Crippen LogP contribution in [-0.4, -0.2) is 9.97 Å². The third kappa shape index (κ3) is 1.70. The summed E-state index contributed by atoms with van der Waals surface area (Å²) in [5, 5.41) is 0. The fraction of sp³-hybridized carbons (Fsp3) is 0.600. The van der Waals surface area contributed by atoms with E-state index in [1.165, 1.54) is 18.4 Å². The van der Waals surface area contributed by atoms with Crippen molar-refractivity contribution in [3.63, 3.8) is 0 Å². The van der Waals surface area contributed by atoms with E-state index in [1.807, 2.05) is 0 Å². The summed E-state index contributed by atoms with van der Waals surface area (Å²) in [6.45, 7) is 0.367. The lowest BCUT2D eigenvalue weighted by atomic mass is 10.1. The Morgan fingerprint density at radius 1 is 1.29 bits per heavy atom. The van der Waals surface area contributed by atoms with E-state index in [0.717, 1.165) is 30.7 Å². The van der Waals surface area contributed by atoms with Crippen molar-refractivity contribution in [1.82, 2.24) is 9.97 Å². The zero-order chi connectivity index (χ0) is 9.97. The Kier molecular flexibility index (Phi) is 2.63. The van der Waals surface area contributed by atoms with E-state index in [-0.39, 0.29) is 5.69 Å². The lowest BCUT2D eigenvalue weighted by Crippen LogP contribution is -2.20. The smallest absolute Gasteiger partial charge is 0.325 e. The summed E-state index contributed by atoms with van der Waals surface area (Å²) in [4.78, 5) is 17.9. The van der Waals surface area contributed by atoms with Gasteiger partial charge in [0.25, 0.3) is 0 Å². The number of rotatable bonds is 1. The molecular weight excluding hydrogens is 178 g/mol. The van der Waals surface area contributed by atoms with Crippen molar-refractivity contribution in [3.05, 3.63) is 27.4 Å². The molecule has 0 spiro atoms. The van der Waals surface area contributed by atoms with Crippen molar-refractivity contribution >= 4 is 0 Å². The molecule has 4 heteroatoms. The molecule has 2 rings (SSSR count). The third-order valence-corrected chi connectivity index (χ3v) is 2.75. The number of H-pyrrole nitrogens is 1. The van der Waals surface area contributed by atoms with Gasteiger partial charge in [0.2, 0.25) is 0 Å². The van der Waals surface area contributed by atoms with Gasteiger partial charge in [-0.05, 0) is 31.2 Å². The maximum absolute atomic E-state index is 11.2. The van der Waals surface area contributed by atoms with Crippen LogP contribution in [0.25, 0.3) is 0 Å². The lowest BCUT2D eigenvalue weighted by Gasteiger charge is -2.08. The van der Waals surface area contributed by atoms with E-state index in [9.17, 15) is 4.79 Å². The van der Waals surface area contributed by atoms with E-state index < -0.39 is 0 Å². The average molecular weight is 193 g/mol. The fourth-order valence-electron chi connectivity index (χ4n) is 2.05. The van der Waals surface area contributed by atoms with E-state index in [4.69, 9.17) is 5.73 Å². The Bertz CT molecular complexity index is 383. The first-order chi connectivity index (χ1) is 6.81. The van der Waals surface area contributed by atoms with E-state index in [1.54, 1.807) is 0 Å². The van der Waals surface area contributed by atoms with Crippen LogP contribution in [0.2, 0.25) is 0 Å². The van der Waals surface area contributed by atoms with Gasteiger partial charge >= 0.3 is 5.69 Å². The van der Waals surface area contributed by atoms with Gasteiger partial charge in [0.1, 0.15) is 0 Å². The predicted octanol–water partition coefficient (Wildman–Crippen LogP) is 0.498. The molecule has 1 aliphatic rings. The molecule has 0 bridgehead atoms. The van der Waals surface area contributed by atoms with Gasteiger partial charge in [0.05, 0.1) is 5.69 Å². The lowest BCUT2D eigenvalue weighted by molar-refractivity contribution is 0.707. The Morgan fingerprint density at radius 2 is 2.07 bits per heavy atom. The van der Waals surface area contributed by atoms with Gasteiger partial charge in [-0.1, -0.05) is 6.42 Å². The Labute approximate surface area is 82.6 Å². The first-order valence-electron chi connectivity index (χ1n) is 5.12. The summed E-state index contributed by atoms with van der Waals surface area (Å²) in [6.07, 6.45) is 5.51. The maximum Gasteiger partial charge on any atom is 0.345 e. The van der Waals surface area contributed by atoms with Crippen LogP contribution in [0.15, 0.2) is 4.79 Å². The zero-order valence-corrected chi connectivity index (χ0v) is 8.18. The standard InChI is InChI=1S/C10H15N3O/c11-6-9-7-4-2-1-3-5-8(7)12-10(14)13-9/h1-6,11H2,(H,12,13,14). The molecule has 0 saturated carbocycles. The second-order valence-corrected chi connectivity index (χ2v) is 3.71. The molecule has 3 N–H and O–H groups in total. The number of hydrogen-bond donors (Lipinski definition) is 2. The van der Waals surface area contributed by atoms with Gasteiger partial charge in [-0.25, -0.2) is 4.79 Å². The molecule has 4 nitrogen and oxygen atoms in total. The molecule has 1 aromatic heterocycles. The van der Waals surface area contributed by atoms with Gasteiger partial charge in [-0.3, -0.25) is 0 Å². The molecule has 14 heavy (non-hydrogen) atoms. The number of aryl methyl sites for hydroxylation is 1. The molecular formula is C10H15N3O. The molecule has 0 aliphatic heterocycles. The van der Waals surface area contributed by atoms with Crippen LogP contribution in [0.1, 0.15) is 36.2 Å². The normalized spacial score (nSPS) is 16.1. The molecule has 0 saturated heterocycles. The highest BCUT2D eigenvalue weighted by Crippen LogP contribution is 2.19. The van der Waals surface area contributed by atoms with Gasteiger partial charge in [-0.15, -0.1) is 0 Å². The van der Waals surface area contributed by atoms with Crippen LogP contribution in [0.4, 0.5) is 0 Å². The minimum Gasteiger partial charge on any atom is -0.325 e. The summed E-state index contributed by atoms with van der Waals surface area (Å²) in [5.74, 6) is 0. The molecule has 0 fully saturated rings. The molecule has 0 unspecified atom stereocenters. The molecule has 76 valence electrons. The number of aromatic amines is 1. The SMILES string of the molecule is NCc1nc(=O)[nH]c2c1CCCCC2. The molecule has 1 heterocycles. The highest BCUT2D eigenvalue weighted by molar-refractivity contribution is 5.25. The summed E-state index contributed by atoms with van der Waals surface area (Å²) < 4.78 is 0.